The molecule has 1 atom stereocenters. The fraction of sp³-hybridized carbons (Fsp3) is 0.316. The number of ether oxygens (including phenoxy) is 1. The molecule has 2 aromatic rings. The molecule has 1 amide bonds. The number of benzene rings is 2. The average Bonchev–Trinajstić information content (AvgIpc) is 3.03. The lowest BCUT2D eigenvalue weighted by atomic mass is 10.1. The molecule has 1 heterocycles. The minimum atomic E-state index is -4.47. The predicted molar refractivity (Wildman–Crippen MR) is 93.7 cm³/mol. The zero-order valence-corrected chi connectivity index (χ0v) is 14.2. The molecule has 0 bridgehead atoms. The third-order valence-corrected chi connectivity index (χ3v) is 4.21. The van der Waals surface area contributed by atoms with Crippen LogP contribution in [-0.4, -0.2) is 31.3 Å². The van der Waals surface area contributed by atoms with Gasteiger partial charge in [0, 0.05) is 12.2 Å². The van der Waals surface area contributed by atoms with Crippen LogP contribution < -0.4 is 10.2 Å². The van der Waals surface area contributed by atoms with E-state index in [9.17, 15) is 18.0 Å². The van der Waals surface area contributed by atoms with Gasteiger partial charge in [0.1, 0.15) is 12.7 Å². The number of nitrogens with one attached hydrogen (secondary N) is 1. The molecular formula is C19H19F3N2O2. The molecule has 4 nitrogen and oxygen atoms in total. The van der Waals surface area contributed by atoms with Crippen molar-refractivity contribution in [3.8, 4) is 0 Å². The molecule has 1 unspecified atom stereocenters. The average molecular weight is 364 g/mol. The van der Waals surface area contributed by atoms with Crippen LogP contribution in [0.3, 0.4) is 0 Å². The van der Waals surface area contributed by atoms with Crippen molar-refractivity contribution >= 4 is 23.0 Å². The number of para-hydroxylation sites is 3. The molecule has 1 aliphatic rings. The Balaban J connectivity index is 1.75. The Morgan fingerprint density at radius 3 is 2.54 bits per heavy atom. The van der Waals surface area contributed by atoms with Gasteiger partial charge in [-0.2, -0.15) is 13.2 Å². The number of rotatable bonds is 5. The van der Waals surface area contributed by atoms with Gasteiger partial charge in [0.05, 0.1) is 11.4 Å². The Morgan fingerprint density at radius 2 is 1.81 bits per heavy atom. The summed E-state index contributed by atoms with van der Waals surface area (Å²) in [5, 5.41) is 2.68. The topological polar surface area (TPSA) is 41.6 Å². The Hall–Kier alpha value is -2.54. The van der Waals surface area contributed by atoms with Crippen molar-refractivity contribution in [1.29, 1.82) is 0 Å². The molecule has 138 valence electrons. The van der Waals surface area contributed by atoms with Crippen LogP contribution in [-0.2, 0) is 16.0 Å². The van der Waals surface area contributed by atoms with E-state index in [0.29, 0.717) is 5.69 Å². The molecule has 0 fully saturated rings. The fourth-order valence-corrected chi connectivity index (χ4v) is 2.93. The summed E-state index contributed by atoms with van der Waals surface area (Å²) in [4.78, 5) is 14.3. The van der Waals surface area contributed by atoms with E-state index in [-0.39, 0.29) is 0 Å². The number of anilines is 3. The summed E-state index contributed by atoms with van der Waals surface area (Å²) in [6, 6.07) is 15.2. The number of hydrogen-bond donors (Lipinski definition) is 1. The molecule has 26 heavy (non-hydrogen) atoms. The second kappa shape index (κ2) is 7.37. The summed E-state index contributed by atoms with van der Waals surface area (Å²) in [5.74, 6) is -0.616. The Labute approximate surface area is 149 Å². The van der Waals surface area contributed by atoms with Crippen molar-refractivity contribution in [2.45, 2.75) is 25.6 Å². The Morgan fingerprint density at radius 1 is 1.15 bits per heavy atom. The molecule has 0 aliphatic carbocycles. The van der Waals surface area contributed by atoms with E-state index in [1.165, 1.54) is 12.5 Å². The highest BCUT2D eigenvalue weighted by molar-refractivity contribution is 5.97. The molecule has 1 N–H and O–H groups in total. The van der Waals surface area contributed by atoms with Crippen LogP contribution in [0, 0.1) is 0 Å². The van der Waals surface area contributed by atoms with Crippen LogP contribution in [0.4, 0.5) is 30.2 Å². The largest absolute Gasteiger partial charge is 0.411 e. The van der Waals surface area contributed by atoms with Gasteiger partial charge >= 0.3 is 6.18 Å². The van der Waals surface area contributed by atoms with Gasteiger partial charge in [-0.25, -0.2) is 0 Å². The van der Waals surface area contributed by atoms with Crippen molar-refractivity contribution in [2.24, 2.45) is 0 Å². The number of halogens is 3. The van der Waals surface area contributed by atoms with E-state index in [0.717, 1.165) is 24.3 Å². The third kappa shape index (κ3) is 4.16. The van der Waals surface area contributed by atoms with Crippen LogP contribution in [0.5, 0.6) is 0 Å². The number of hydrogen-bond acceptors (Lipinski definition) is 3. The number of nitrogens with zero attached hydrogens (tertiary/aromatic N) is 1. The number of carbonyl (C=O) groups excluding carboxylic acids is 1. The second-order valence-corrected chi connectivity index (χ2v) is 6.11. The number of carbonyl (C=O) groups is 1. The summed E-state index contributed by atoms with van der Waals surface area (Å²) in [7, 11) is 0. The van der Waals surface area contributed by atoms with Crippen LogP contribution in [0.25, 0.3) is 0 Å². The van der Waals surface area contributed by atoms with E-state index >= 15 is 0 Å². The maximum Gasteiger partial charge on any atom is 0.411 e. The van der Waals surface area contributed by atoms with Gasteiger partial charge in [-0.05, 0) is 37.1 Å². The lowest BCUT2D eigenvalue weighted by Crippen LogP contribution is -2.32. The molecule has 0 saturated heterocycles. The van der Waals surface area contributed by atoms with Crippen molar-refractivity contribution in [2.75, 3.05) is 23.4 Å². The highest BCUT2D eigenvalue weighted by Gasteiger charge is 2.30. The van der Waals surface area contributed by atoms with E-state index in [2.05, 4.69) is 21.0 Å². The zero-order chi connectivity index (χ0) is 18.7. The minimum Gasteiger partial charge on any atom is -0.359 e. The number of alkyl halides is 3. The van der Waals surface area contributed by atoms with Gasteiger partial charge in [0.25, 0.3) is 5.91 Å². The number of fused-ring (bicyclic) bond motifs is 1. The molecule has 1 aliphatic heterocycles. The molecule has 0 spiro atoms. The zero-order valence-electron chi connectivity index (χ0n) is 14.2. The monoisotopic (exact) mass is 364 g/mol. The maximum absolute atomic E-state index is 12.3. The van der Waals surface area contributed by atoms with E-state index in [1.54, 1.807) is 12.1 Å². The van der Waals surface area contributed by atoms with Gasteiger partial charge < -0.3 is 15.0 Å². The van der Waals surface area contributed by atoms with Gasteiger partial charge in [0.2, 0.25) is 0 Å². The number of amides is 1. The smallest absolute Gasteiger partial charge is 0.359 e. The lowest BCUT2D eigenvalue weighted by Gasteiger charge is -2.23. The van der Waals surface area contributed by atoms with E-state index < -0.39 is 24.8 Å². The van der Waals surface area contributed by atoms with Gasteiger partial charge in [0.15, 0.2) is 0 Å². The Bertz CT molecular complexity index is 792. The molecular weight excluding hydrogens is 345 g/mol. The van der Waals surface area contributed by atoms with Gasteiger partial charge in [-0.1, -0.05) is 30.3 Å². The summed E-state index contributed by atoms with van der Waals surface area (Å²) in [6.07, 6.45) is -4.79. The van der Waals surface area contributed by atoms with Crippen molar-refractivity contribution < 1.29 is 22.7 Å². The normalized spacial score (nSPS) is 14.8. The van der Waals surface area contributed by atoms with Crippen LogP contribution >= 0.6 is 0 Å². The summed E-state index contributed by atoms with van der Waals surface area (Å²) >= 11 is 0. The highest BCUT2D eigenvalue weighted by atomic mass is 19.4. The first-order valence-electron chi connectivity index (χ1n) is 8.29. The standard InChI is InChI=1S/C19H19F3N2O2/c1-13(26-12-19(20,21)22)18(25)23-15-7-3-5-9-17(15)24-11-10-14-6-2-4-8-16(14)24/h2-9,13H,10-12H2,1H3,(H,23,25). The SMILES string of the molecule is CC(OCC(F)(F)F)C(=O)Nc1ccccc1N1CCc2ccccc21. The maximum atomic E-state index is 12.3. The van der Waals surface area contributed by atoms with Crippen LogP contribution in [0.1, 0.15) is 12.5 Å². The second-order valence-electron chi connectivity index (χ2n) is 6.11. The lowest BCUT2D eigenvalue weighted by molar-refractivity contribution is -0.184. The summed E-state index contributed by atoms with van der Waals surface area (Å²) in [6.45, 7) is 0.615. The van der Waals surface area contributed by atoms with E-state index in [1.807, 2.05) is 30.3 Å². The molecule has 0 aromatic heterocycles. The minimum absolute atomic E-state index is 0.539. The highest BCUT2D eigenvalue weighted by Crippen LogP contribution is 2.38. The molecule has 3 rings (SSSR count). The first-order valence-corrected chi connectivity index (χ1v) is 8.29. The molecule has 0 saturated carbocycles. The quantitative estimate of drug-likeness (QED) is 0.861. The molecule has 7 heteroatoms. The van der Waals surface area contributed by atoms with Crippen LogP contribution in [0.2, 0.25) is 0 Å². The van der Waals surface area contributed by atoms with Gasteiger partial charge in [-0.3, -0.25) is 4.79 Å². The molecule has 0 radical (unpaired) electrons. The predicted octanol–water partition coefficient (Wildman–Crippen LogP) is 4.29. The molecule has 2 aromatic carbocycles. The van der Waals surface area contributed by atoms with Crippen molar-refractivity contribution in [3.05, 3.63) is 54.1 Å². The van der Waals surface area contributed by atoms with Crippen molar-refractivity contribution in [3.63, 3.8) is 0 Å². The van der Waals surface area contributed by atoms with Crippen LogP contribution in [0.15, 0.2) is 48.5 Å². The summed E-state index contributed by atoms with van der Waals surface area (Å²) < 4.78 is 41.4. The summed E-state index contributed by atoms with van der Waals surface area (Å²) in [5.41, 5.74) is 3.62. The van der Waals surface area contributed by atoms with E-state index in [4.69, 9.17) is 0 Å². The van der Waals surface area contributed by atoms with Gasteiger partial charge in [-0.15, -0.1) is 0 Å². The first-order chi connectivity index (χ1) is 12.3. The third-order valence-electron chi connectivity index (χ3n) is 4.21. The Kier molecular flexibility index (Phi) is 5.18. The first kappa shape index (κ1) is 18.3. The fourth-order valence-electron chi connectivity index (χ4n) is 2.93. The van der Waals surface area contributed by atoms with Crippen molar-refractivity contribution in [1.82, 2.24) is 0 Å².